The zero-order chi connectivity index (χ0) is 22.3. The first-order valence-corrected chi connectivity index (χ1v) is 9.29. The van der Waals surface area contributed by atoms with Crippen LogP contribution in [0.2, 0.25) is 0 Å². The Morgan fingerprint density at radius 3 is 2.23 bits per heavy atom. The lowest BCUT2D eigenvalue weighted by atomic mass is 10.1. The first-order valence-electron chi connectivity index (χ1n) is 9.29. The third kappa shape index (κ3) is 3.57. The van der Waals surface area contributed by atoms with Crippen LogP contribution in [-0.2, 0) is 4.79 Å². The van der Waals surface area contributed by atoms with E-state index < -0.39 is 28.9 Å². The molecule has 1 aliphatic heterocycles. The highest BCUT2D eigenvalue weighted by Crippen LogP contribution is 2.26. The van der Waals surface area contributed by atoms with Crippen LogP contribution in [0, 0.1) is 12.7 Å². The number of nitrogens with zero attached hydrogens (tertiary/aromatic N) is 3. The van der Waals surface area contributed by atoms with Crippen LogP contribution < -0.4 is 16.3 Å². The molecule has 8 nitrogen and oxygen atoms in total. The molecule has 9 heteroatoms. The molecule has 31 heavy (non-hydrogen) atoms. The number of hydrazone groups is 1. The Bertz CT molecular complexity index is 1370. The zero-order valence-electron chi connectivity index (χ0n) is 16.6. The number of aromatic amines is 1. The van der Waals surface area contributed by atoms with Gasteiger partial charge in [0.25, 0.3) is 11.5 Å². The normalized spacial score (nSPS) is 14.9. The van der Waals surface area contributed by atoms with Gasteiger partial charge in [-0.1, -0.05) is 17.7 Å². The van der Waals surface area contributed by atoms with Gasteiger partial charge in [0.2, 0.25) is 5.88 Å². The number of aromatic nitrogens is 2. The number of hydrogen-bond acceptors (Lipinski definition) is 5. The Kier molecular flexibility index (Phi) is 4.86. The Morgan fingerprint density at radius 2 is 1.58 bits per heavy atom. The van der Waals surface area contributed by atoms with Gasteiger partial charge in [-0.05, 0) is 56.3 Å². The van der Waals surface area contributed by atoms with Crippen LogP contribution in [0.3, 0.4) is 0 Å². The van der Waals surface area contributed by atoms with Crippen LogP contribution in [0.25, 0.3) is 11.8 Å². The summed E-state index contributed by atoms with van der Waals surface area (Å²) < 4.78 is 14.1. The molecule has 0 atom stereocenters. The standard InChI is InChI=1S/C22H17FN4O4/c1-12-3-7-15(8-4-12)26-20(29)18(19(28)24-22(26)31)11-17-13(2)25-27(21(17)30)16-9-5-14(23)6-10-16/h3-11,29H,1-2H3,(H,24,28,31). The molecule has 0 fully saturated rings. The molecule has 0 spiro atoms. The second-order valence-electron chi connectivity index (χ2n) is 7.00. The van der Waals surface area contributed by atoms with E-state index in [1.54, 1.807) is 31.2 Å². The Morgan fingerprint density at radius 1 is 0.968 bits per heavy atom. The maximum Gasteiger partial charge on any atom is 0.335 e. The molecule has 1 aromatic heterocycles. The molecule has 0 unspecified atom stereocenters. The fourth-order valence-electron chi connectivity index (χ4n) is 3.19. The first-order chi connectivity index (χ1) is 14.8. The molecule has 2 aromatic carbocycles. The van der Waals surface area contributed by atoms with E-state index in [1.807, 2.05) is 6.92 Å². The zero-order valence-corrected chi connectivity index (χ0v) is 16.6. The quantitative estimate of drug-likeness (QED) is 0.635. The lowest BCUT2D eigenvalue weighted by Crippen LogP contribution is -2.30. The van der Waals surface area contributed by atoms with Gasteiger partial charge < -0.3 is 5.11 Å². The van der Waals surface area contributed by atoms with Crippen LogP contribution in [0.1, 0.15) is 18.1 Å². The van der Waals surface area contributed by atoms with Crippen molar-refractivity contribution in [1.29, 1.82) is 0 Å². The highest BCUT2D eigenvalue weighted by Gasteiger charge is 2.30. The van der Waals surface area contributed by atoms with Crippen molar-refractivity contribution in [3.05, 3.63) is 91.9 Å². The topological polar surface area (TPSA) is 108 Å². The summed E-state index contributed by atoms with van der Waals surface area (Å²) in [6.45, 7) is 3.43. The number of hydrogen-bond donors (Lipinski definition) is 2. The highest BCUT2D eigenvalue weighted by molar-refractivity contribution is 6.32. The lowest BCUT2D eigenvalue weighted by Gasteiger charge is -2.12. The van der Waals surface area contributed by atoms with Gasteiger partial charge in [-0.2, -0.15) is 10.1 Å². The summed E-state index contributed by atoms with van der Waals surface area (Å²) >= 11 is 0. The van der Waals surface area contributed by atoms with Gasteiger partial charge in [-0.15, -0.1) is 0 Å². The minimum Gasteiger partial charge on any atom is -0.494 e. The number of amides is 1. The Balaban J connectivity index is 1.81. The highest BCUT2D eigenvalue weighted by atomic mass is 19.1. The van der Waals surface area contributed by atoms with Crippen molar-refractivity contribution < 1.29 is 14.3 Å². The fraction of sp³-hybridized carbons (Fsp3) is 0.0909. The summed E-state index contributed by atoms with van der Waals surface area (Å²) in [7, 11) is 0. The molecule has 0 bridgehead atoms. The molecular weight excluding hydrogens is 403 g/mol. The maximum absolute atomic E-state index is 13.2. The SMILES string of the molecule is CC1=NN(c2ccc(F)cc2)C(=O)C1=Cc1c(O)n(-c2ccc(C)cc2)c(=O)[nH]c1=O. The van der Waals surface area contributed by atoms with Crippen LogP contribution in [0.5, 0.6) is 5.88 Å². The number of benzene rings is 2. The molecule has 0 aliphatic carbocycles. The van der Waals surface area contributed by atoms with Crippen molar-refractivity contribution in [2.75, 3.05) is 5.01 Å². The summed E-state index contributed by atoms with van der Waals surface area (Å²) in [5.41, 5.74) is 0.0626. The summed E-state index contributed by atoms with van der Waals surface area (Å²) in [5.74, 6) is -1.62. The third-order valence-corrected chi connectivity index (χ3v) is 4.84. The van der Waals surface area contributed by atoms with Crippen LogP contribution in [0.15, 0.2) is 68.8 Å². The minimum atomic E-state index is -0.848. The van der Waals surface area contributed by atoms with Crippen LogP contribution >= 0.6 is 0 Å². The molecule has 4 rings (SSSR count). The number of carbonyl (C=O) groups is 1. The van der Waals surface area contributed by atoms with Crippen molar-refractivity contribution in [3.8, 4) is 11.6 Å². The minimum absolute atomic E-state index is 0.0548. The van der Waals surface area contributed by atoms with Gasteiger partial charge in [0.1, 0.15) is 11.4 Å². The van der Waals surface area contributed by atoms with E-state index in [9.17, 15) is 23.9 Å². The van der Waals surface area contributed by atoms with E-state index in [0.29, 0.717) is 17.1 Å². The maximum atomic E-state index is 13.2. The van der Waals surface area contributed by atoms with Gasteiger partial charge in [0, 0.05) is 0 Å². The average molecular weight is 420 g/mol. The molecule has 0 saturated carbocycles. The predicted octanol–water partition coefficient (Wildman–Crippen LogP) is 2.49. The van der Waals surface area contributed by atoms with Crippen LogP contribution in [-0.4, -0.2) is 26.3 Å². The van der Waals surface area contributed by atoms with Gasteiger partial charge in [0.05, 0.1) is 22.7 Å². The van der Waals surface area contributed by atoms with E-state index in [0.717, 1.165) is 15.1 Å². The van der Waals surface area contributed by atoms with Gasteiger partial charge >= 0.3 is 5.69 Å². The molecule has 1 amide bonds. The van der Waals surface area contributed by atoms with Crippen molar-refractivity contribution in [3.63, 3.8) is 0 Å². The smallest absolute Gasteiger partial charge is 0.335 e. The molecule has 1 aliphatic rings. The van der Waals surface area contributed by atoms with Crippen molar-refractivity contribution in [1.82, 2.24) is 9.55 Å². The third-order valence-electron chi connectivity index (χ3n) is 4.84. The number of aromatic hydroxyl groups is 1. The van der Waals surface area contributed by atoms with Gasteiger partial charge in [-0.3, -0.25) is 14.6 Å². The van der Waals surface area contributed by atoms with E-state index >= 15 is 0 Å². The molecule has 156 valence electrons. The van der Waals surface area contributed by atoms with Crippen molar-refractivity contribution in [2.45, 2.75) is 13.8 Å². The summed E-state index contributed by atoms with van der Waals surface area (Å²) in [6.07, 6.45) is 1.18. The molecule has 2 heterocycles. The fourth-order valence-corrected chi connectivity index (χ4v) is 3.19. The number of rotatable bonds is 3. The van der Waals surface area contributed by atoms with Crippen molar-refractivity contribution >= 4 is 23.4 Å². The number of H-pyrrole nitrogens is 1. The Hall–Kier alpha value is -4.27. The second kappa shape index (κ2) is 7.52. The molecule has 0 saturated heterocycles. The molecular formula is C22H17FN4O4. The van der Waals surface area contributed by atoms with Crippen molar-refractivity contribution in [2.24, 2.45) is 5.10 Å². The molecule has 3 aromatic rings. The van der Waals surface area contributed by atoms with E-state index in [2.05, 4.69) is 10.1 Å². The van der Waals surface area contributed by atoms with Crippen LogP contribution in [0.4, 0.5) is 10.1 Å². The molecule has 0 radical (unpaired) electrons. The number of aryl methyl sites for hydroxylation is 1. The largest absolute Gasteiger partial charge is 0.494 e. The van der Waals surface area contributed by atoms with Gasteiger partial charge in [0.15, 0.2) is 0 Å². The lowest BCUT2D eigenvalue weighted by molar-refractivity contribution is -0.114. The average Bonchev–Trinajstić information content (AvgIpc) is 3.01. The molecule has 2 N–H and O–H groups in total. The number of carbonyl (C=O) groups excluding carboxylic acids is 1. The van der Waals surface area contributed by atoms with Gasteiger partial charge in [-0.25, -0.2) is 13.8 Å². The van der Waals surface area contributed by atoms with E-state index in [4.69, 9.17) is 0 Å². The summed E-state index contributed by atoms with van der Waals surface area (Å²) in [6, 6.07) is 11.9. The number of halogens is 1. The summed E-state index contributed by atoms with van der Waals surface area (Å²) in [5, 5.41) is 15.9. The monoisotopic (exact) mass is 420 g/mol. The number of nitrogens with one attached hydrogen (secondary N) is 1. The first kappa shape index (κ1) is 20.0. The Labute approximate surface area is 175 Å². The van der Waals surface area contributed by atoms with E-state index in [1.165, 1.54) is 30.3 Å². The number of anilines is 1. The summed E-state index contributed by atoms with van der Waals surface area (Å²) in [4.78, 5) is 39.8. The predicted molar refractivity (Wildman–Crippen MR) is 114 cm³/mol. The second-order valence-corrected chi connectivity index (χ2v) is 7.00. The van der Waals surface area contributed by atoms with E-state index in [-0.39, 0.29) is 11.1 Å².